The van der Waals surface area contributed by atoms with Gasteiger partial charge in [-0.3, -0.25) is 15.2 Å². The van der Waals surface area contributed by atoms with Gasteiger partial charge in [0.2, 0.25) is 0 Å². The molecule has 9 nitrogen and oxygen atoms in total. The zero-order valence-corrected chi connectivity index (χ0v) is 24.2. The second-order valence-electron chi connectivity index (χ2n) is 12.8. The number of aliphatic hydroxyl groups excluding tert-OH is 1. The molecule has 0 aliphatic carbocycles. The number of nitrogens with one attached hydrogen (secondary N) is 2. The van der Waals surface area contributed by atoms with Crippen LogP contribution in [0.15, 0.2) is 4.99 Å². The van der Waals surface area contributed by atoms with Crippen molar-refractivity contribution >= 4 is 12.3 Å². The molecule has 2 aliphatic rings. The third-order valence-corrected chi connectivity index (χ3v) is 6.62. The van der Waals surface area contributed by atoms with E-state index in [0.717, 1.165) is 32.4 Å². The average Bonchev–Trinajstić information content (AvgIpc) is 2.78. The van der Waals surface area contributed by atoms with Crippen LogP contribution in [-0.2, 0) is 9.47 Å². The molecule has 36 heavy (non-hydrogen) atoms. The van der Waals surface area contributed by atoms with Gasteiger partial charge in [0.1, 0.15) is 18.0 Å². The standard InChI is InChI=1S/C27H53N5O4/c1-19(2)17-32(20-12-10-14-31(18-20)25(34)36-27(6,7)8)23(33)21-16-29-24(26(3,4)5)30-22(21)28-13-11-15-35-9/h16,19-24,28,30,33H,10-15,17-18H2,1-9H3/t20-,21?,22?,23?,24?/m0/s1. The quantitative estimate of drug-likeness (QED) is 0.306. The number of ether oxygens (including phenoxy) is 2. The Morgan fingerprint density at radius 2 is 1.97 bits per heavy atom. The van der Waals surface area contributed by atoms with Gasteiger partial charge in [0.05, 0.1) is 12.1 Å². The van der Waals surface area contributed by atoms with Crippen molar-refractivity contribution in [3.05, 3.63) is 0 Å². The molecule has 2 aliphatic heterocycles. The molecule has 1 amide bonds. The van der Waals surface area contributed by atoms with Crippen LogP contribution in [0.2, 0.25) is 0 Å². The molecule has 0 aromatic carbocycles. The molecule has 5 atom stereocenters. The molecule has 1 fully saturated rings. The van der Waals surface area contributed by atoms with Gasteiger partial charge < -0.3 is 24.8 Å². The highest BCUT2D eigenvalue weighted by Crippen LogP contribution is 2.28. The first-order valence-electron chi connectivity index (χ1n) is 13.7. The average molecular weight is 512 g/mol. The Morgan fingerprint density at radius 3 is 2.56 bits per heavy atom. The van der Waals surface area contributed by atoms with Gasteiger partial charge >= 0.3 is 6.09 Å². The summed E-state index contributed by atoms with van der Waals surface area (Å²) in [4.78, 5) is 21.6. The number of aliphatic imine (C=N–C) groups is 1. The number of nitrogens with zero attached hydrogens (tertiary/aromatic N) is 3. The molecule has 1 saturated heterocycles. The van der Waals surface area contributed by atoms with Crippen molar-refractivity contribution in [2.75, 3.05) is 39.9 Å². The summed E-state index contributed by atoms with van der Waals surface area (Å²) < 4.78 is 10.9. The van der Waals surface area contributed by atoms with E-state index in [2.05, 4.69) is 50.2 Å². The Balaban J connectivity index is 2.23. The van der Waals surface area contributed by atoms with Crippen LogP contribution in [0.3, 0.4) is 0 Å². The van der Waals surface area contributed by atoms with Crippen molar-refractivity contribution in [2.24, 2.45) is 22.2 Å². The number of carbonyl (C=O) groups is 1. The summed E-state index contributed by atoms with van der Waals surface area (Å²) in [6.45, 7) is 19.9. The predicted octanol–water partition coefficient (Wildman–Crippen LogP) is 3.28. The van der Waals surface area contributed by atoms with Gasteiger partial charge in [-0.15, -0.1) is 0 Å². The highest BCUT2D eigenvalue weighted by Gasteiger charge is 2.41. The summed E-state index contributed by atoms with van der Waals surface area (Å²) in [6, 6.07) is 0.0477. The van der Waals surface area contributed by atoms with E-state index in [1.165, 1.54) is 0 Å². The molecule has 0 aromatic heterocycles. The van der Waals surface area contributed by atoms with Crippen LogP contribution in [0.1, 0.15) is 74.7 Å². The minimum Gasteiger partial charge on any atom is -0.444 e. The van der Waals surface area contributed by atoms with Crippen molar-refractivity contribution in [2.45, 2.75) is 105 Å². The van der Waals surface area contributed by atoms with Crippen molar-refractivity contribution in [3.63, 3.8) is 0 Å². The Labute approximate surface area is 219 Å². The molecule has 0 radical (unpaired) electrons. The minimum absolute atomic E-state index is 0.0447. The van der Waals surface area contributed by atoms with Gasteiger partial charge in [0.15, 0.2) is 0 Å². The first-order valence-corrected chi connectivity index (χ1v) is 13.7. The Bertz CT molecular complexity index is 703. The number of methoxy groups -OCH3 is 1. The van der Waals surface area contributed by atoms with Crippen LogP contribution in [0.25, 0.3) is 0 Å². The second-order valence-corrected chi connectivity index (χ2v) is 12.8. The molecule has 9 heteroatoms. The lowest BCUT2D eigenvalue weighted by Crippen LogP contribution is -2.64. The Kier molecular flexibility index (Phi) is 11.6. The fraction of sp³-hybridized carbons (Fsp3) is 0.926. The molecule has 0 spiro atoms. The highest BCUT2D eigenvalue weighted by molar-refractivity contribution is 5.68. The summed E-state index contributed by atoms with van der Waals surface area (Å²) in [6.07, 6.45) is 3.44. The maximum Gasteiger partial charge on any atom is 0.410 e. The van der Waals surface area contributed by atoms with Gasteiger partial charge in [-0.25, -0.2) is 4.79 Å². The lowest BCUT2D eigenvalue weighted by atomic mass is 9.89. The second kappa shape index (κ2) is 13.5. The number of aliphatic hydroxyl groups is 1. The van der Waals surface area contributed by atoms with E-state index in [9.17, 15) is 9.90 Å². The van der Waals surface area contributed by atoms with E-state index in [1.807, 2.05) is 27.0 Å². The SMILES string of the molecule is COCCCNC1NC(C(C)(C)C)N=CC1C(O)N(CC(C)C)[C@H]1CCCN(C(=O)OC(C)(C)C)C1. The van der Waals surface area contributed by atoms with Gasteiger partial charge in [-0.2, -0.15) is 0 Å². The van der Waals surface area contributed by atoms with E-state index >= 15 is 0 Å². The van der Waals surface area contributed by atoms with Crippen molar-refractivity contribution < 1.29 is 19.4 Å². The number of hydrogen-bond acceptors (Lipinski definition) is 8. The van der Waals surface area contributed by atoms with Gasteiger partial charge in [-0.05, 0) is 57.9 Å². The van der Waals surface area contributed by atoms with E-state index < -0.39 is 11.8 Å². The van der Waals surface area contributed by atoms with Gasteiger partial charge in [-0.1, -0.05) is 34.6 Å². The smallest absolute Gasteiger partial charge is 0.410 e. The number of amides is 1. The summed E-state index contributed by atoms with van der Waals surface area (Å²) in [5, 5.41) is 19.0. The third-order valence-electron chi connectivity index (χ3n) is 6.62. The van der Waals surface area contributed by atoms with Crippen LogP contribution < -0.4 is 10.6 Å². The first-order chi connectivity index (χ1) is 16.7. The highest BCUT2D eigenvalue weighted by atomic mass is 16.6. The number of carbonyl (C=O) groups excluding carboxylic acids is 1. The van der Waals surface area contributed by atoms with E-state index in [-0.39, 0.29) is 35.8 Å². The Hall–Kier alpha value is -1.26. The van der Waals surface area contributed by atoms with Crippen LogP contribution in [-0.4, -0.2) is 97.3 Å². The molecule has 4 unspecified atom stereocenters. The molecule has 210 valence electrons. The number of rotatable bonds is 10. The fourth-order valence-electron chi connectivity index (χ4n) is 4.82. The van der Waals surface area contributed by atoms with Crippen molar-refractivity contribution in [1.29, 1.82) is 0 Å². The number of likely N-dealkylation sites (tertiary alicyclic amines) is 1. The summed E-state index contributed by atoms with van der Waals surface area (Å²) in [7, 11) is 1.71. The molecule has 3 N–H and O–H groups in total. The lowest BCUT2D eigenvalue weighted by molar-refractivity contribution is -0.0800. The zero-order chi connectivity index (χ0) is 27.1. The minimum atomic E-state index is -0.743. The zero-order valence-electron chi connectivity index (χ0n) is 24.2. The van der Waals surface area contributed by atoms with Crippen LogP contribution >= 0.6 is 0 Å². The topological polar surface area (TPSA) is 98.7 Å². The summed E-state index contributed by atoms with van der Waals surface area (Å²) >= 11 is 0. The normalized spacial score (nSPS) is 26.5. The molecule has 0 aromatic rings. The summed E-state index contributed by atoms with van der Waals surface area (Å²) in [5.74, 6) is 0.127. The molecular formula is C27H53N5O4. The maximum absolute atomic E-state index is 12.8. The van der Waals surface area contributed by atoms with E-state index in [1.54, 1.807) is 12.0 Å². The molecule has 0 bridgehead atoms. The van der Waals surface area contributed by atoms with Crippen LogP contribution in [0.4, 0.5) is 4.79 Å². The summed E-state index contributed by atoms with van der Waals surface area (Å²) in [5.41, 5.74) is -0.579. The van der Waals surface area contributed by atoms with E-state index in [0.29, 0.717) is 25.6 Å². The fourth-order valence-corrected chi connectivity index (χ4v) is 4.82. The van der Waals surface area contributed by atoms with Crippen LogP contribution in [0.5, 0.6) is 0 Å². The molecule has 2 rings (SSSR count). The van der Waals surface area contributed by atoms with Gasteiger partial charge in [0, 0.05) is 45.6 Å². The van der Waals surface area contributed by atoms with Crippen molar-refractivity contribution in [3.8, 4) is 0 Å². The number of piperidine rings is 1. The number of hydrogen-bond donors (Lipinski definition) is 3. The molecule has 2 heterocycles. The first kappa shape index (κ1) is 31.0. The van der Waals surface area contributed by atoms with Gasteiger partial charge in [0.25, 0.3) is 0 Å². The monoisotopic (exact) mass is 511 g/mol. The molecular weight excluding hydrogens is 458 g/mol. The predicted molar refractivity (Wildman–Crippen MR) is 145 cm³/mol. The molecule has 0 saturated carbocycles. The Morgan fingerprint density at radius 1 is 1.28 bits per heavy atom. The van der Waals surface area contributed by atoms with E-state index in [4.69, 9.17) is 14.5 Å². The maximum atomic E-state index is 12.8. The lowest BCUT2D eigenvalue weighted by Gasteiger charge is -2.47. The largest absolute Gasteiger partial charge is 0.444 e. The third kappa shape index (κ3) is 9.56. The van der Waals surface area contributed by atoms with Crippen LogP contribution in [0, 0.1) is 17.3 Å². The van der Waals surface area contributed by atoms with Crippen molar-refractivity contribution in [1.82, 2.24) is 20.4 Å².